The van der Waals surface area contributed by atoms with E-state index < -0.39 is 0 Å². The fourth-order valence-corrected chi connectivity index (χ4v) is 1.83. The highest BCUT2D eigenvalue weighted by molar-refractivity contribution is 5.57. The Morgan fingerprint density at radius 3 is 2.53 bits per heavy atom. The number of hydrogen-bond acceptors (Lipinski definition) is 5. The van der Waals surface area contributed by atoms with Gasteiger partial charge in [0.15, 0.2) is 5.82 Å². The molecule has 0 unspecified atom stereocenters. The maximum absolute atomic E-state index is 9.28. The molecule has 2 aromatic heterocycles. The minimum atomic E-state index is 0.587. The molecule has 0 radical (unpaired) electrons. The standard InChI is InChI=1S/C14H15N5/c1-10-11(2)17-18-14(13(10)8-15)19(3)9-12-4-6-16-7-5-12/h4-7H,9H2,1-3H3. The van der Waals surface area contributed by atoms with Gasteiger partial charge in [0.2, 0.25) is 0 Å². The van der Waals surface area contributed by atoms with Crippen LogP contribution in [0.3, 0.4) is 0 Å². The van der Waals surface area contributed by atoms with Crippen LogP contribution in [0, 0.1) is 25.2 Å². The van der Waals surface area contributed by atoms with Gasteiger partial charge in [0.25, 0.3) is 0 Å². The van der Waals surface area contributed by atoms with Gasteiger partial charge in [-0.1, -0.05) is 0 Å². The number of pyridine rings is 1. The Bertz CT molecular complexity index is 616. The summed E-state index contributed by atoms with van der Waals surface area (Å²) in [5, 5.41) is 17.5. The molecule has 5 heteroatoms. The predicted octanol–water partition coefficient (Wildman–Crippen LogP) is 2.00. The monoisotopic (exact) mass is 253 g/mol. The Morgan fingerprint density at radius 2 is 1.89 bits per heavy atom. The topological polar surface area (TPSA) is 65.7 Å². The van der Waals surface area contributed by atoms with Gasteiger partial charge in [-0.05, 0) is 37.1 Å². The highest BCUT2D eigenvalue weighted by atomic mass is 15.2. The van der Waals surface area contributed by atoms with E-state index in [0.717, 1.165) is 16.8 Å². The van der Waals surface area contributed by atoms with E-state index in [1.165, 1.54) is 0 Å². The molecule has 19 heavy (non-hydrogen) atoms. The van der Waals surface area contributed by atoms with Crippen LogP contribution in [0.2, 0.25) is 0 Å². The van der Waals surface area contributed by atoms with Crippen LogP contribution in [0.15, 0.2) is 24.5 Å². The van der Waals surface area contributed by atoms with Gasteiger partial charge in [0.05, 0.1) is 5.69 Å². The van der Waals surface area contributed by atoms with Crippen molar-refractivity contribution in [2.45, 2.75) is 20.4 Å². The average molecular weight is 253 g/mol. The zero-order valence-corrected chi connectivity index (χ0v) is 11.3. The van der Waals surface area contributed by atoms with Gasteiger partial charge in [-0.3, -0.25) is 4.98 Å². The molecule has 0 aliphatic heterocycles. The fourth-order valence-electron chi connectivity index (χ4n) is 1.83. The van der Waals surface area contributed by atoms with Crippen LogP contribution in [0.5, 0.6) is 0 Å². The van der Waals surface area contributed by atoms with E-state index in [4.69, 9.17) is 0 Å². The van der Waals surface area contributed by atoms with Crippen LogP contribution in [-0.4, -0.2) is 22.2 Å². The first-order valence-electron chi connectivity index (χ1n) is 5.97. The van der Waals surface area contributed by atoms with Crippen molar-refractivity contribution in [2.24, 2.45) is 0 Å². The maximum atomic E-state index is 9.28. The summed E-state index contributed by atoms with van der Waals surface area (Å²) in [6, 6.07) is 6.10. The normalized spacial score (nSPS) is 10.0. The number of aryl methyl sites for hydroxylation is 1. The molecule has 5 nitrogen and oxygen atoms in total. The van der Waals surface area contributed by atoms with Gasteiger partial charge < -0.3 is 4.90 Å². The Kier molecular flexibility index (Phi) is 3.71. The number of nitrogens with zero attached hydrogens (tertiary/aromatic N) is 5. The van der Waals surface area contributed by atoms with E-state index in [9.17, 15) is 5.26 Å². The highest BCUT2D eigenvalue weighted by Gasteiger charge is 2.14. The molecule has 0 aromatic carbocycles. The molecule has 0 spiro atoms. The van der Waals surface area contributed by atoms with Crippen molar-refractivity contribution in [1.29, 1.82) is 5.26 Å². The number of hydrogen-bond donors (Lipinski definition) is 0. The number of rotatable bonds is 3. The van der Waals surface area contributed by atoms with Crippen molar-refractivity contribution in [3.63, 3.8) is 0 Å². The lowest BCUT2D eigenvalue weighted by Crippen LogP contribution is -2.20. The summed E-state index contributed by atoms with van der Waals surface area (Å²) in [5.74, 6) is 0.613. The summed E-state index contributed by atoms with van der Waals surface area (Å²) in [7, 11) is 1.90. The lowest BCUT2D eigenvalue weighted by Gasteiger charge is -2.19. The Balaban J connectivity index is 2.32. The van der Waals surface area contributed by atoms with Crippen LogP contribution in [0.4, 0.5) is 5.82 Å². The SMILES string of the molecule is Cc1nnc(N(C)Cc2ccncc2)c(C#N)c1C. The molecule has 0 saturated heterocycles. The first-order valence-corrected chi connectivity index (χ1v) is 5.97. The second-order valence-electron chi connectivity index (χ2n) is 4.43. The van der Waals surface area contributed by atoms with E-state index in [2.05, 4.69) is 21.3 Å². The third-order valence-electron chi connectivity index (χ3n) is 3.08. The molecular formula is C14H15N5. The Labute approximate surface area is 112 Å². The highest BCUT2D eigenvalue weighted by Crippen LogP contribution is 2.21. The Hall–Kier alpha value is -2.48. The molecule has 0 bridgehead atoms. The molecule has 96 valence electrons. The number of nitriles is 1. The summed E-state index contributed by atoms with van der Waals surface area (Å²) < 4.78 is 0. The van der Waals surface area contributed by atoms with Gasteiger partial charge in [0, 0.05) is 26.0 Å². The maximum Gasteiger partial charge on any atom is 0.169 e. The summed E-state index contributed by atoms with van der Waals surface area (Å²) in [5.41, 5.74) is 3.37. The van der Waals surface area contributed by atoms with Crippen LogP contribution >= 0.6 is 0 Å². The summed E-state index contributed by atoms with van der Waals surface area (Å²) in [6.45, 7) is 4.41. The van der Waals surface area contributed by atoms with Gasteiger partial charge in [-0.2, -0.15) is 10.4 Å². The van der Waals surface area contributed by atoms with E-state index in [0.29, 0.717) is 17.9 Å². The van der Waals surface area contributed by atoms with Crippen molar-refractivity contribution < 1.29 is 0 Å². The third kappa shape index (κ3) is 2.68. The second kappa shape index (κ2) is 5.44. The zero-order valence-electron chi connectivity index (χ0n) is 11.3. The molecule has 0 saturated carbocycles. The van der Waals surface area contributed by atoms with Crippen LogP contribution < -0.4 is 4.90 Å². The molecular weight excluding hydrogens is 238 g/mol. The molecule has 0 N–H and O–H groups in total. The molecule has 0 fully saturated rings. The van der Waals surface area contributed by atoms with Crippen LogP contribution in [0.25, 0.3) is 0 Å². The lowest BCUT2D eigenvalue weighted by molar-refractivity contribution is 0.845. The van der Waals surface area contributed by atoms with Crippen molar-refractivity contribution in [3.8, 4) is 6.07 Å². The van der Waals surface area contributed by atoms with E-state index in [1.54, 1.807) is 12.4 Å². The van der Waals surface area contributed by atoms with Crippen molar-refractivity contribution in [1.82, 2.24) is 15.2 Å². The fraction of sp³-hybridized carbons (Fsp3) is 0.286. The van der Waals surface area contributed by atoms with E-state index in [-0.39, 0.29) is 0 Å². The third-order valence-corrected chi connectivity index (χ3v) is 3.08. The largest absolute Gasteiger partial charge is 0.353 e. The molecule has 0 atom stereocenters. The number of aromatic nitrogens is 3. The predicted molar refractivity (Wildman–Crippen MR) is 72.6 cm³/mol. The van der Waals surface area contributed by atoms with Crippen molar-refractivity contribution >= 4 is 5.82 Å². The van der Waals surface area contributed by atoms with Crippen molar-refractivity contribution in [2.75, 3.05) is 11.9 Å². The molecule has 2 heterocycles. The van der Waals surface area contributed by atoms with Gasteiger partial charge in [-0.25, -0.2) is 0 Å². The molecule has 0 aliphatic carbocycles. The minimum absolute atomic E-state index is 0.587. The summed E-state index contributed by atoms with van der Waals surface area (Å²) in [6.07, 6.45) is 3.50. The average Bonchev–Trinajstić information content (AvgIpc) is 2.42. The van der Waals surface area contributed by atoms with Gasteiger partial charge in [0.1, 0.15) is 11.6 Å². The van der Waals surface area contributed by atoms with E-state index >= 15 is 0 Å². The van der Waals surface area contributed by atoms with Crippen LogP contribution in [-0.2, 0) is 6.54 Å². The molecule has 0 aliphatic rings. The first-order chi connectivity index (χ1) is 9.13. The first kappa shape index (κ1) is 13.0. The molecule has 2 rings (SSSR count). The smallest absolute Gasteiger partial charge is 0.169 e. The minimum Gasteiger partial charge on any atom is -0.353 e. The Morgan fingerprint density at radius 1 is 1.21 bits per heavy atom. The van der Waals surface area contributed by atoms with E-state index in [1.807, 2.05) is 37.9 Å². The lowest BCUT2D eigenvalue weighted by atomic mass is 10.1. The summed E-state index contributed by atoms with van der Waals surface area (Å²) >= 11 is 0. The van der Waals surface area contributed by atoms with Gasteiger partial charge >= 0.3 is 0 Å². The quantitative estimate of drug-likeness (QED) is 0.837. The van der Waals surface area contributed by atoms with Gasteiger partial charge in [-0.15, -0.1) is 5.10 Å². The van der Waals surface area contributed by atoms with Crippen molar-refractivity contribution in [3.05, 3.63) is 46.9 Å². The molecule has 0 amide bonds. The summed E-state index contributed by atoms with van der Waals surface area (Å²) in [4.78, 5) is 5.91. The number of anilines is 1. The van der Waals surface area contributed by atoms with Crippen LogP contribution in [0.1, 0.15) is 22.4 Å². The molecule has 2 aromatic rings. The zero-order chi connectivity index (χ0) is 13.8. The second-order valence-corrected chi connectivity index (χ2v) is 4.43.